The van der Waals surface area contributed by atoms with Crippen molar-refractivity contribution in [3.8, 4) is 6.07 Å². The topological polar surface area (TPSA) is 35.8 Å². The Morgan fingerprint density at radius 2 is 1.90 bits per heavy atom. The van der Waals surface area contributed by atoms with Crippen molar-refractivity contribution in [1.29, 1.82) is 5.26 Å². The lowest BCUT2D eigenvalue weighted by Crippen LogP contribution is -2.27. The van der Waals surface area contributed by atoms with Crippen LogP contribution in [0.1, 0.15) is 23.1 Å². The largest absolute Gasteiger partial charge is 0.381 e. The predicted molar refractivity (Wildman–Crippen MR) is 77.0 cm³/mol. The van der Waals surface area contributed by atoms with Crippen molar-refractivity contribution in [2.75, 3.05) is 5.32 Å². The van der Waals surface area contributed by atoms with E-state index in [9.17, 15) is 4.39 Å². The molecule has 0 fully saturated rings. The van der Waals surface area contributed by atoms with Crippen molar-refractivity contribution in [3.05, 3.63) is 65.0 Å². The lowest BCUT2D eigenvalue weighted by atomic mass is 9.88. The van der Waals surface area contributed by atoms with Crippen molar-refractivity contribution in [3.63, 3.8) is 0 Å². The molecule has 20 heavy (non-hydrogen) atoms. The number of hydrogen-bond acceptors (Lipinski definition) is 2. The second kappa shape index (κ2) is 5.34. The van der Waals surface area contributed by atoms with Gasteiger partial charge in [-0.25, -0.2) is 4.39 Å². The van der Waals surface area contributed by atoms with Crippen molar-refractivity contribution < 1.29 is 4.39 Å². The molecule has 0 aromatic heterocycles. The number of rotatable bonds is 2. The monoisotopic (exact) mass is 266 g/mol. The molecule has 0 spiro atoms. The average Bonchev–Trinajstić information content (AvgIpc) is 2.47. The van der Waals surface area contributed by atoms with Gasteiger partial charge in [-0.3, -0.25) is 0 Å². The van der Waals surface area contributed by atoms with Gasteiger partial charge in [-0.2, -0.15) is 5.26 Å². The summed E-state index contributed by atoms with van der Waals surface area (Å²) in [6, 6.07) is 15.3. The predicted octanol–water partition coefficient (Wildman–Crippen LogP) is 3.67. The molecular formula is C17H15FN2. The molecule has 3 rings (SSSR count). The molecule has 0 bridgehead atoms. The second-order valence-corrected chi connectivity index (χ2v) is 5.13. The van der Waals surface area contributed by atoms with Crippen molar-refractivity contribution in [2.24, 2.45) is 0 Å². The molecule has 0 saturated heterocycles. The standard InChI is InChI=1S/C17H15FN2/c18-16-6-3-7-17(15(16)11-19)20-14-9-8-12-4-1-2-5-13(12)10-14/h1-7,14,20H,8-10H2. The fourth-order valence-corrected chi connectivity index (χ4v) is 2.80. The molecule has 2 aromatic carbocycles. The molecule has 1 aliphatic carbocycles. The van der Waals surface area contributed by atoms with Crippen molar-refractivity contribution in [2.45, 2.75) is 25.3 Å². The Bertz CT molecular complexity index is 673. The van der Waals surface area contributed by atoms with Gasteiger partial charge in [0.1, 0.15) is 17.4 Å². The molecule has 1 N–H and O–H groups in total. The third-order valence-electron chi connectivity index (χ3n) is 3.83. The quantitative estimate of drug-likeness (QED) is 0.900. The smallest absolute Gasteiger partial charge is 0.143 e. The SMILES string of the molecule is N#Cc1c(F)cccc1NC1CCc2ccccc2C1. The normalized spacial score (nSPS) is 17.1. The van der Waals surface area contributed by atoms with E-state index >= 15 is 0 Å². The maximum Gasteiger partial charge on any atom is 0.143 e. The molecule has 0 aliphatic heterocycles. The van der Waals surface area contributed by atoms with Crippen LogP contribution in [0.15, 0.2) is 42.5 Å². The molecule has 0 amide bonds. The van der Waals surface area contributed by atoms with Crippen LogP contribution in [0, 0.1) is 17.1 Å². The number of nitriles is 1. The van der Waals surface area contributed by atoms with Gasteiger partial charge in [0.15, 0.2) is 0 Å². The molecule has 0 saturated carbocycles. The number of hydrogen-bond donors (Lipinski definition) is 1. The van der Waals surface area contributed by atoms with Gasteiger partial charge < -0.3 is 5.32 Å². The highest BCUT2D eigenvalue weighted by Crippen LogP contribution is 2.25. The van der Waals surface area contributed by atoms with E-state index in [-0.39, 0.29) is 11.6 Å². The molecule has 2 aromatic rings. The Balaban J connectivity index is 1.81. The summed E-state index contributed by atoms with van der Waals surface area (Å²) in [4.78, 5) is 0. The third-order valence-corrected chi connectivity index (χ3v) is 3.83. The number of aryl methyl sites for hydroxylation is 1. The first-order valence-electron chi connectivity index (χ1n) is 6.80. The summed E-state index contributed by atoms with van der Waals surface area (Å²) in [5, 5.41) is 12.4. The maximum absolute atomic E-state index is 13.6. The lowest BCUT2D eigenvalue weighted by Gasteiger charge is -2.26. The van der Waals surface area contributed by atoms with E-state index in [4.69, 9.17) is 5.26 Å². The highest BCUT2D eigenvalue weighted by molar-refractivity contribution is 5.58. The highest BCUT2D eigenvalue weighted by Gasteiger charge is 2.19. The summed E-state index contributed by atoms with van der Waals surface area (Å²) in [5.74, 6) is -0.464. The van der Waals surface area contributed by atoms with Gasteiger partial charge in [-0.1, -0.05) is 30.3 Å². The number of nitrogens with one attached hydrogen (secondary N) is 1. The lowest BCUT2D eigenvalue weighted by molar-refractivity contribution is 0.605. The van der Waals surface area contributed by atoms with Gasteiger partial charge in [0, 0.05) is 6.04 Å². The Hall–Kier alpha value is -2.34. The van der Waals surface area contributed by atoms with Crippen LogP contribution in [0.3, 0.4) is 0 Å². The van der Waals surface area contributed by atoms with Crippen LogP contribution in [-0.4, -0.2) is 6.04 Å². The summed E-state index contributed by atoms with van der Waals surface area (Å²) in [5.41, 5.74) is 3.43. The highest BCUT2D eigenvalue weighted by atomic mass is 19.1. The van der Waals surface area contributed by atoms with Gasteiger partial charge in [0.05, 0.1) is 5.69 Å². The first-order valence-corrected chi connectivity index (χ1v) is 6.80. The zero-order valence-electron chi connectivity index (χ0n) is 11.1. The van der Waals surface area contributed by atoms with Crippen LogP contribution in [0.5, 0.6) is 0 Å². The van der Waals surface area contributed by atoms with E-state index in [0.717, 1.165) is 19.3 Å². The van der Waals surface area contributed by atoms with Crippen LogP contribution in [0.25, 0.3) is 0 Å². The molecule has 0 radical (unpaired) electrons. The first-order chi connectivity index (χ1) is 9.78. The molecule has 1 atom stereocenters. The third kappa shape index (κ3) is 2.37. The maximum atomic E-state index is 13.6. The Labute approximate surface area is 117 Å². The zero-order valence-corrected chi connectivity index (χ0v) is 11.1. The Morgan fingerprint density at radius 3 is 2.70 bits per heavy atom. The van der Waals surface area contributed by atoms with Crippen LogP contribution in [0.4, 0.5) is 10.1 Å². The zero-order chi connectivity index (χ0) is 13.9. The molecule has 3 heteroatoms. The molecular weight excluding hydrogens is 251 g/mol. The number of halogens is 1. The first kappa shape index (κ1) is 12.7. The minimum Gasteiger partial charge on any atom is -0.381 e. The molecule has 1 unspecified atom stereocenters. The van der Waals surface area contributed by atoms with Crippen LogP contribution >= 0.6 is 0 Å². The van der Waals surface area contributed by atoms with Gasteiger partial charge >= 0.3 is 0 Å². The molecule has 1 aliphatic rings. The van der Waals surface area contributed by atoms with Gasteiger partial charge in [0.25, 0.3) is 0 Å². The van der Waals surface area contributed by atoms with E-state index in [0.29, 0.717) is 5.69 Å². The summed E-state index contributed by atoms with van der Waals surface area (Å²) in [6.07, 6.45) is 2.93. The Morgan fingerprint density at radius 1 is 1.10 bits per heavy atom. The van der Waals surface area contributed by atoms with E-state index < -0.39 is 5.82 Å². The molecule has 2 nitrogen and oxygen atoms in total. The minimum atomic E-state index is -0.464. The molecule has 0 heterocycles. The van der Waals surface area contributed by atoms with E-state index in [1.165, 1.54) is 17.2 Å². The average molecular weight is 266 g/mol. The van der Waals surface area contributed by atoms with E-state index in [2.05, 4.69) is 23.5 Å². The summed E-state index contributed by atoms with van der Waals surface area (Å²) >= 11 is 0. The minimum absolute atomic E-state index is 0.103. The summed E-state index contributed by atoms with van der Waals surface area (Å²) < 4.78 is 13.6. The number of anilines is 1. The van der Waals surface area contributed by atoms with Crippen molar-refractivity contribution in [1.82, 2.24) is 0 Å². The van der Waals surface area contributed by atoms with Gasteiger partial charge in [-0.15, -0.1) is 0 Å². The Kier molecular flexibility index (Phi) is 3.39. The summed E-state index contributed by atoms with van der Waals surface area (Å²) in [6.45, 7) is 0. The van der Waals surface area contributed by atoms with Gasteiger partial charge in [0.2, 0.25) is 0 Å². The second-order valence-electron chi connectivity index (χ2n) is 5.13. The van der Waals surface area contributed by atoms with Crippen LogP contribution in [0.2, 0.25) is 0 Å². The van der Waals surface area contributed by atoms with Crippen LogP contribution in [-0.2, 0) is 12.8 Å². The van der Waals surface area contributed by atoms with E-state index in [1.807, 2.05) is 12.1 Å². The molecule has 100 valence electrons. The summed E-state index contributed by atoms with van der Waals surface area (Å²) in [7, 11) is 0. The number of benzene rings is 2. The van der Waals surface area contributed by atoms with Crippen LogP contribution < -0.4 is 5.32 Å². The number of nitrogens with zero attached hydrogens (tertiary/aromatic N) is 1. The fraction of sp³-hybridized carbons (Fsp3) is 0.235. The van der Waals surface area contributed by atoms with Gasteiger partial charge in [-0.05, 0) is 42.5 Å². The number of fused-ring (bicyclic) bond motifs is 1. The van der Waals surface area contributed by atoms with E-state index in [1.54, 1.807) is 12.1 Å². The fourth-order valence-electron chi connectivity index (χ4n) is 2.80. The van der Waals surface area contributed by atoms with Crippen molar-refractivity contribution >= 4 is 5.69 Å².